The molecule has 4 heterocycles. The van der Waals surface area contributed by atoms with Gasteiger partial charge in [0, 0.05) is 13.0 Å². The normalized spacial score (nSPS) is 22.4. The monoisotopic (exact) mass is 277 g/mol. The Morgan fingerprint density at radius 3 is 3.05 bits per heavy atom. The number of aromatic nitrogens is 2. The second-order valence-corrected chi connectivity index (χ2v) is 5.88. The molecule has 0 aromatic carbocycles. The highest BCUT2D eigenvalue weighted by Gasteiger charge is 2.41. The third-order valence-electron chi connectivity index (χ3n) is 3.75. The maximum atomic E-state index is 5.82. The van der Waals surface area contributed by atoms with Crippen molar-refractivity contribution in [2.75, 3.05) is 31.2 Å². The molecule has 100 valence electrons. The molecule has 2 aliphatic rings. The summed E-state index contributed by atoms with van der Waals surface area (Å²) in [5.41, 5.74) is 1.02. The third-order valence-corrected chi connectivity index (χ3v) is 4.65. The minimum absolute atomic E-state index is 0.410. The Kier molecular flexibility index (Phi) is 2.68. The van der Waals surface area contributed by atoms with E-state index in [9.17, 15) is 0 Å². The number of rotatable bonds is 1. The maximum Gasteiger partial charge on any atom is 0.186 e. The minimum atomic E-state index is -0.410. The van der Waals surface area contributed by atoms with Crippen molar-refractivity contribution in [2.24, 2.45) is 0 Å². The summed E-state index contributed by atoms with van der Waals surface area (Å²) in [5.74, 6) is 0.602. The highest BCUT2D eigenvalue weighted by Crippen LogP contribution is 2.35. The van der Waals surface area contributed by atoms with Crippen LogP contribution in [0.1, 0.15) is 12.8 Å². The van der Waals surface area contributed by atoms with Gasteiger partial charge in [0.1, 0.15) is 12.1 Å². The Hall–Kier alpha value is -1.24. The molecule has 2 saturated heterocycles. The van der Waals surface area contributed by atoms with Crippen LogP contribution < -0.4 is 4.90 Å². The predicted molar refractivity (Wildman–Crippen MR) is 73.5 cm³/mol. The Morgan fingerprint density at radius 2 is 2.16 bits per heavy atom. The summed E-state index contributed by atoms with van der Waals surface area (Å²) in [6.07, 6.45) is 3.68. The zero-order valence-corrected chi connectivity index (χ0v) is 11.4. The van der Waals surface area contributed by atoms with Crippen LogP contribution in [0.2, 0.25) is 0 Å². The van der Waals surface area contributed by atoms with Crippen LogP contribution in [-0.2, 0) is 9.47 Å². The second-order valence-electron chi connectivity index (χ2n) is 4.96. The van der Waals surface area contributed by atoms with Crippen molar-refractivity contribution in [3.8, 4) is 0 Å². The molecule has 0 unspecified atom stereocenters. The van der Waals surface area contributed by atoms with Crippen LogP contribution in [-0.4, -0.2) is 42.1 Å². The van der Waals surface area contributed by atoms with Gasteiger partial charge in [-0.2, -0.15) is 0 Å². The van der Waals surface area contributed by atoms with Gasteiger partial charge >= 0.3 is 0 Å². The Balaban J connectivity index is 1.70. The van der Waals surface area contributed by atoms with Crippen molar-refractivity contribution in [2.45, 2.75) is 18.6 Å². The van der Waals surface area contributed by atoms with E-state index >= 15 is 0 Å². The fraction of sp³-hybridized carbons (Fsp3) is 0.538. The summed E-state index contributed by atoms with van der Waals surface area (Å²) in [4.78, 5) is 11.0. The van der Waals surface area contributed by atoms with Crippen LogP contribution >= 0.6 is 11.3 Å². The van der Waals surface area contributed by atoms with Gasteiger partial charge in [0.2, 0.25) is 0 Å². The molecule has 0 radical (unpaired) electrons. The van der Waals surface area contributed by atoms with Gasteiger partial charge in [-0.25, -0.2) is 9.97 Å². The second kappa shape index (κ2) is 4.40. The lowest BCUT2D eigenvalue weighted by molar-refractivity contribution is -0.161. The molecule has 1 spiro atoms. The van der Waals surface area contributed by atoms with Gasteiger partial charge in [0.15, 0.2) is 5.79 Å². The molecule has 0 amide bonds. The van der Waals surface area contributed by atoms with E-state index in [1.54, 1.807) is 17.7 Å². The zero-order chi connectivity index (χ0) is 12.7. The van der Waals surface area contributed by atoms with Crippen molar-refractivity contribution in [1.29, 1.82) is 0 Å². The fourth-order valence-corrected chi connectivity index (χ4v) is 3.76. The molecule has 0 N–H and O–H groups in total. The summed E-state index contributed by atoms with van der Waals surface area (Å²) < 4.78 is 12.8. The van der Waals surface area contributed by atoms with E-state index in [0.29, 0.717) is 13.2 Å². The van der Waals surface area contributed by atoms with Crippen LogP contribution in [0, 0.1) is 0 Å². The van der Waals surface area contributed by atoms with Crippen molar-refractivity contribution in [3.05, 3.63) is 17.8 Å². The number of thiophene rings is 1. The standard InChI is InChI=1S/C13H15N3O2S/c1-3-13(17-5-6-18-13)8-16(4-1)12-11-10(2-7-19-11)14-9-15-12/h2,7,9H,1,3-6,8H2. The van der Waals surface area contributed by atoms with Crippen LogP contribution in [0.4, 0.5) is 5.82 Å². The lowest BCUT2D eigenvalue weighted by atomic mass is 10.0. The number of fused-ring (bicyclic) bond motifs is 1. The number of hydrogen-bond acceptors (Lipinski definition) is 6. The van der Waals surface area contributed by atoms with E-state index in [2.05, 4.69) is 20.2 Å². The summed E-state index contributed by atoms with van der Waals surface area (Å²) >= 11 is 1.69. The highest BCUT2D eigenvalue weighted by atomic mass is 32.1. The summed E-state index contributed by atoms with van der Waals surface area (Å²) in [6, 6.07) is 2.04. The first kappa shape index (κ1) is 11.6. The molecule has 0 aliphatic carbocycles. The first-order chi connectivity index (χ1) is 9.36. The minimum Gasteiger partial charge on any atom is -0.350 e. The number of anilines is 1. The van der Waals surface area contributed by atoms with Crippen LogP contribution in [0.15, 0.2) is 17.8 Å². The van der Waals surface area contributed by atoms with E-state index in [-0.39, 0.29) is 0 Å². The van der Waals surface area contributed by atoms with Gasteiger partial charge < -0.3 is 14.4 Å². The van der Waals surface area contributed by atoms with E-state index in [1.807, 2.05) is 6.07 Å². The topological polar surface area (TPSA) is 47.5 Å². The fourth-order valence-electron chi connectivity index (χ4n) is 2.90. The van der Waals surface area contributed by atoms with Crippen LogP contribution in [0.25, 0.3) is 10.2 Å². The van der Waals surface area contributed by atoms with Crippen LogP contribution in [0.3, 0.4) is 0 Å². The van der Waals surface area contributed by atoms with Crippen molar-refractivity contribution in [1.82, 2.24) is 9.97 Å². The van der Waals surface area contributed by atoms with E-state index < -0.39 is 5.79 Å². The summed E-state index contributed by atoms with van der Waals surface area (Å²) in [6.45, 7) is 3.16. The van der Waals surface area contributed by atoms with E-state index in [1.165, 1.54) is 0 Å². The average Bonchev–Trinajstić information content (AvgIpc) is 3.07. The van der Waals surface area contributed by atoms with Gasteiger partial charge in [0.05, 0.1) is 30.0 Å². The lowest BCUT2D eigenvalue weighted by Crippen LogP contribution is -2.49. The zero-order valence-electron chi connectivity index (χ0n) is 10.5. The predicted octanol–water partition coefficient (Wildman–Crippen LogP) is 2.03. The molecule has 2 aliphatic heterocycles. The Morgan fingerprint density at radius 1 is 1.26 bits per heavy atom. The number of hydrogen-bond donors (Lipinski definition) is 0. The lowest BCUT2D eigenvalue weighted by Gasteiger charge is -2.39. The third kappa shape index (κ3) is 1.91. The molecule has 2 aromatic heterocycles. The molecule has 0 atom stereocenters. The van der Waals surface area contributed by atoms with E-state index in [4.69, 9.17) is 9.47 Å². The number of piperidine rings is 1. The molecular weight excluding hydrogens is 262 g/mol. The van der Waals surface area contributed by atoms with Gasteiger partial charge in [-0.1, -0.05) is 0 Å². The molecule has 2 aromatic rings. The molecule has 2 fully saturated rings. The maximum absolute atomic E-state index is 5.82. The van der Waals surface area contributed by atoms with Gasteiger partial charge in [-0.3, -0.25) is 0 Å². The SMILES string of the molecule is c1nc(N2CCCC3(C2)OCCO3)c2sccc2n1. The molecule has 4 rings (SSSR count). The molecule has 19 heavy (non-hydrogen) atoms. The number of ether oxygens (including phenoxy) is 2. The highest BCUT2D eigenvalue weighted by molar-refractivity contribution is 7.17. The summed E-state index contributed by atoms with van der Waals surface area (Å²) in [5, 5.41) is 2.06. The Bertz CT molecular complexity index is 594. The summed E-state index contributed by atoms with van der Waals surface area (Å²) in [7, 11) is 0. The number of nitrogens with zero attached hydrogens (tertiary/aromatic N) is 3. The first-order valence-electron chi connectivity index (χ1n) is 6.57. The largest absolute Gasteiger partial charge is 0.350 e. The van der Waals surface area contributed by atoms with Crippen molar-refractivity contribution >= 4 is 27.4 Å². The molecule has 5 nitrogen and oxygen atoms in total. The van der Waals surface area contributed by atoms with Gasteiger partial charge in [0.25, 0.3) is 0 Å². The van der Waals surface area contributed by atoms with Gasteiger partial charge in [-0.05, 0) is 17.9 Å². The van der Waals surface area contributed by atoms with E-state index in [0.717, 1.165) is 42.0 Å². The molecule has 6 heteroatoms. The van der Waals surface area contributed by atoms with Crippen LogP contribution in [0.5, 0.6) is 0 Å². The van der Waals surface area contributed by atoms with Crippen molar-refractivity contribution < 1.29 is 9.47 Å². The van der Waals surface area contributed by atoms with Crippen molar-refractivity contribution in [3.63, 3.8) is 0 Å². The smallest absolute Gasteiger partial charge is 0.186 e. The molecule has 0 saturated carbocycles. The Labute approximate surface area is 115 Å². The molecule has 0 bridgehead atoms. The quantitative estimate of drug-likeness (QED) is 0.798. The average molecular weight is 277 g/mol. The van der Waals surface area contributed by atoms with Gasteiger partial charge in [-0.15, -0.1) is 11.3 Å². The molecular formula is C13H15N3O2S. The first-order valence-corrected chi connectivity index (χ1v) is 7.45.